The molecule has 0 aromatic heterocycles. The Labute approximate surface area is 111 Å². The van der Waals surface area contributed by atoms with Gasteiger partial charge in [-0.1, -0.05) is 12.1 Å². The Bertz CT molecular complexity index is 480. The Morgan fingerprint density at radius 2 is 2.26 bits per heavy atom. The summed E-state index contributed by atoms with van der Waals surface area (Å²) in [5.74, 6) is -1.09. The van der Waals surface area contributed by atoms with Crippen molar-refractivity contribution in [3.8, 4) is 0 Å². The zero-order chi connectivity index (χ0) is 13.8. The first kappa shape index (κ1) is 13.5. The quantitative estimate of drug-likeness (QED) is 0.860. The van der Waals surface area contributed by atoms with E-state index in [1.807, 2.05) is 18.2 Å². The van der Waals surface area contributed by atoms with E-state index in [-0.39, 0.29) is 5.91 Å². The van der Waals surface area contributed by atoms with E-state index < -0.39 is 12.0 Å². The van der Waals surface area contributed by atoms with Crippen molar-refractivity contribution in [2.45, 2.75) is 25.3 Å². The number of carbonyl (C=O) groups excluding carboxylic acids is 1. The van der Waals surface area contributed by atoms with Crippen molar-refractivity contribution in [3.05, 3.63) is 35.4 Å². The fourth-order valence-electron chi connectivity index (χ4n) is 2.07. The lowest BCUT2D eigenvalue weighted by molar-refractivity contribution is -0.138. The van der Waals surface area contributed by atoms with Crippen LogP contribution in [0.25, 0.3) is 0 Å². The topological polar surface area (TPSA) is 75.6 Å². The lowest BCUT2D eigenvalue weighted by Crippen LogP contribution is -2.38. The summed E-state index contributed by atoms with van der Waals surface area (Å²) in [7, 11) is 0. The van der Waals surface area contributed by atoms with Crippen molar-refractivity contribution >= 4 is 11.9 Å². The smallest absolute Gasteiger partial charge is 0.325 e. The van der Waals surface area contributed by atoms with Gasteiger partial charge in [0, 0.05) is 18.1 Å². The van der Waals surface area contributed by atoms with Crippen LogP contribution in [0.5, 0.6) is 0 Å². The molecule has 0 bridgehead atoms. The van der Waals surface area contributed by atoms with Crippen molar-refractivity contribution in [2.75, 3.05) is 13.2 Å². The number of carboxylic acids is 1. The molecule has 0 aliphatic carbocycles. The number of rotatable bonds is 4. The molecular formula is C14H17NO4. The Morgan fingerprint density at radius 3 is 2.89 bits per heavy atom. The monoisotopic (exact) mass is 263 g/mol. The summed E-state index contributed by atoms with van der Waals surface area (Å²) >= 11 is 0. The highest BCUT2D eigenvalue weighted by atomic mass is 16.5. The minimum absolute atomic E-state index is 0.324. The van der Waals surface area contributed by atoms with E-state index in [0.29, 0.717) is 18.1 Å². The molecule has 1 aliphatic heterocycles. The summed E-state index contributed by atoms with van der Waals surface area (Å²) in [5.41, 5.74) is 1.55. The Kier molecular flexibility index (Phi) is 4.16. The molecule has 2 N–H and O–H groups in total. The molecule has 1 aromatic carbocycles. The fourth-order valence-corrected chi connectivity index (χ4v) is 2.07. The van der Waals surface area contributed by atoms with Gasteiger partial charge in [-0.3, -0.25) is 9.59 Å². The molecule has 1 aromatic rings. The number of aliphatic carboxylic acids is 1. The highest BCUT2D eigenvalue weighted by Gasteiger charge is 2.20. The molecule has 2 rings (SSSR count). The number of carboxylic acid groups (broad SMARTS) is 1. The van der Waals surface area contributed by atoms with Crippen LogP contribution in [-0.2, 0) is 9.53 Å². The minimum Gasteiger partial charge on any atom is -0.480 e. The molecular weight excluding hydrogens is 246 g/mol. The van der Waals surface area contributed by atoms with Crippen LogP contribution in [0, 0.1) is 0 Å². The Hall–Kier alpha value is -1.88. The maximum atomic E-state index is 11.9. The summed E-state index contributed by atoms with van der Waals surface area (Å²) < 4.78 is 5.33. The third-order valence-corrected chi connectivity index (χ3v) is 3.27. The van der Waals surface area contributed by atoms with Gasteiger partial charge in [-0.15, -0.1) is 0 Å². The van der Waals surface area contributed by atoms with Crippen LogP contribution < -0.4 is 5.32 Å². The maximum Gasteiger partial charge on any atom is 0.325 e. The van der Waals surface area contributed by atoms with Gasteiger partial charge in [0.1, 0.15) is 6.04 Å². The van der Waals surface area contributed by atoms with E-state index in [0.717, 1.165) is 18.6 Å². The number of hydrogen-bond donors (Lipinski definition) is 2. The molecule has 1 aliphatic rings. The maximum absolute atomic E-state index is 11.9. The number of amides is 1. The summed E-state index contributed by atoms with van der Waals surface area (Å²) in [4.78, 5) is 22.6. The normalized spacial score (nSPS) is 19.9. The molecule has 0 saturated carbocycles. The molecule has 5 nitrogen and oxygen atoms in total. The molecule has 2 atom stereocenters. The molecule has 5 heteroatoms. The third-order valence-electron chi connectivity index (χ3n) is 3.27. The highest BCUT2D eigenvalue weighted by Crippen LogP contribution is 2.25. The number of benzene rings is 1. The second kappa shape index (κ2) is 5.84. The van der Waals surface area contributed by atoms with Crippen LogP contribution in [0.15, 0.2) is 24.3 Å². The van der Waals surface area contributed by atoms with Crippen LogP contribution >= 0.6 is 0 Å². The molecule has 1 amide bonds. The first-order valence-electron chi connectivity index (χ1n) is 6.29. The highest BCUT2D eigenvalue weighted by molar-refractivity contribution is 5.96. The van der Waals surface area contributed by atoms with Crippen LogP contribution in [-0.4, -0.2) is 36.2 Å². The average molecular weight is 263 g/mol. The van der Waals surface area contributed by atoms with Gasteiger partial charge in [0.25, 0.3) is 5.91 Å². The van der Waals surface area contributed by atoms with Gasteiger partial charge in [0.15, 0.2) is 0 Å². The molecule has 0 radical (unpaired) electrons. The van der Waals surface area contributed by atoms with E-state index in [2.05, 4.69) is 5.32 Å². The molecule has 102 valence electrons. The van der Waals surface area contributed by atoms with Gasteiger partial charge in [0.2, 0.25) is 0 Å². The minimum atomic E-state index is -1.05. The van der Waals surface area contributed by atoms with Gasteiger partial charge >= 0.3 is 5.97 Å². The van der Waals surface area contributed by atoms with Crippen molar-refractivity contribution < 1.29 is 19.4 Å². The zero-order valence-electron chi connectivity index (χ0n) is 10.8. The van der Waals surface area contributed by atoms with E-state index in [4.69, 9.17) is 9.84 Å². The second-order valence-electron chi connectivity index (χ2n) is 4.72. The van der Waals surface area contributed by atoms with Crippen molar-refractivity contribution in [3.63, 3.8) is 0 Å². The predicted octanol–water partition coefficient (Wildman–Crippen LogP) is 1.39. The van der Waals surface area contributed by atoms with E-state index in [1.165, 1.54) is 6.92 Å². The molecule has 2 unspecified atom stereocenters. The summed E-state index contributed by atoms with van der Waals surface area (Å²) in [5, 5.41) is 11.2. The van der Waals surface area contributed by atoms with Gasteiger partial charge < -0.3 is 15.2 Å². The Balaban J connectivity index is 2.09. The third kappa shape index (κ3) is 3.32. The van der Waals surface area contributed by atoms with Gasteiger partial charge in [-0.2, -0.15) is 0 Å². The number of hydrogen-bond acceptors (Lipinski definition) is 3. The van der Waals surface area contributed by atoms with Crippen molar-refractivity contribution in [1.29, 1.82) is 0 Å². The van der Waals surface area contributed by atoms with E-state index in [1.54, 1.807) is 6.07 Å². The van der Waals surface area contributed by atoms with Gasteiger partial charge in [-0.05, 0) is 31.0 Å². The summed E-state index contributed by atoms with van der Waals surface area (Å²) in [6, 6.07) is 6.38. The van der Waals surface area contributed by atoms with Crippen LogP contribution in [0.2, 0.25) is 0 Å². The Morgan fingerprint density at radius 1 is 1.47 bits per heavy atom. The van der Waals surface area contributed by atoms with Crippen LogP contribution in [0.3, 0.4) is 0 Å². The number of nitrogens with one attached hydrogen (secondary N) is 1. The number of ether oxygens (including phenoxy) is 1. The standard InChI is InChI=1S/C14H17NO4/c1-9(14(17)18)15-13(16)11-4-2-3-10(7-11)12-5-6-19-8-12/h2-4,7,9,12H,5-6,8H2,1H3,(H,15,16)(H,17,18). The van der Waals surface area contributed by atoms with E-state index >= 15 is 0 Å². The molecule has 1 saturated heterocycles. The van der Waals surface area contributed by atoms with Gasteiger partial charge in [0.05, 0.1) is 6.61 Å². The molecule has 19 heavy (non-hydrogen) atoms. The van der Waals surface area contributed by atoms with E-state index in [9.17, 15) is 9.59 Å². The van der Waals surface area contributed by atoms with Crippen molar-refractivity contribution in [1.82, 2.24) is 5.32 Å². The average Bonchev–Trinajstić information content (AvgIpc) is 2.92. The van der Waals surface area contributed by atoms with Crippen molar-refractivity contribution in [2.24, 2.45) is 0 Å². The molecule has 1 fully saturated rings. The first-order valence-corrected chi connectivity index (χ1v) is 6.29. The largest absolute Gasteiger partial charge is 0.480 e. The number of carbonyl (C=O) groups is 2. The molecule has 1 heterocycles. The SMILES string of the molecule is CC(NC(=O)c1cccc(C2CCOC2)c1)C(=O)O. The predicted molar refractivity (Wildman–Crippen MR) is 69.2 cm³/mol. The molecule has 0 spiro atoms. The lowest BCUT2D eigenvalue weighted by Gasteiger charge is -2.12. The summed E-state index contributed by atoms with van der Waals surface area (Å²) in [6.45, 7) is 2.86. The van der Waals surface area contributed by atoms with Crippen LogP contribution in [0.1, 0.15) is 35.2 Å². The fraction of sp³-hybridized carbons (Fsp3) is 0.429. The van der Waals surface area contributed by atoms with Crippen LogP contribution in [0.4, 0.5) is 0 Å². The second-order valence-corrected chi connectivity index (χ2v) is 4.72. The zero-order valence-corrected chi connectivity index (χ0v) is 10.8. The first-order chi connectivity index (χ1) is 9.08. The summed E-state index contributed by atoms with van der Waals surface area (Å²) in [6.07, 6.45) is 0.955. The lowest BCUT2D eigenvalue weighted by atomic mass is 9.96. The van der Waals surface area contributed by atoms with Gasteiger partial charge in [-0.25, -0.2) is 0 Å².